The van der Waals surface area contributed by atoms with E-state index >= 15 is 0 Å². The highest BCUT2D eigenvalue weighted by Crippen LogP contribution is 2.30. The minimum absolute atomic E-state index is 0.0609. The molecule has 1 heterocycles. The molecule has 0 radical (unpaired) electrons. The van der Waals surface area contributed by atoms with Crippen LogP contribution in [0.3, 0.4) is 0 Å². The molecule has 2 unspecified atom stereocenters. The molecule has 1 aromatic heterocycles. The Bertz CT molecular complexity index is 569. The van der Waals surface area contributed by atoms with Crippen molar-refractivity contribution in [1.29, 1.82) is 0 Å². The minimum Gasteiger partial charge on any atom is -0.315 e. The van der Waals surface area contributed by atoms with E-state index in [0.717, 1.165) is 29.0 Å². The molecule has 1 aromatic rings. The fraction of sp³-hybridized carbons (Fsp3) is 0.714. The smallest absolute Gasteiger partial charge is 0.241 e. The van der Waals surface area contributed by atoms with Crippen molar-refractivity contribution >= 4 is 33.1 Å². The zero-order valence-corrected chi connectivity index (χ0v) is 15.3. The lowest BCUT2D eigenvalue weighted by Gasteiger charge is -2.30. The largest absolute Gasteiger partial charge is 0.315 e. The van der Waals surface area contributed by atoms with Crippen molar-refractivity contribution in [2.45, 2.75) is 55.3 Å². The number of nitrogens with one attached hydrogen (secondary N) is 2. The van der Waals surface area contributed by atoms with Crippen LogP contribution < -0.4 is 10.0 Å². The van der Waals surface area contributed by atoms with Crippen LogP contribution in [-0.4, -0.2) is 33.0 Å². The Morgan fingerprint density at radius 2 is 2.10 bits per heavy atom. The van der Waals surface area contributed by atoms with Crippen LogP contribution in [0.4, 0.5) is 0 Å². The molecular formula is C14H24N2O2S3. The molecule has 2 N–H and O–H groups in total. The van der Waals surface area contributed by atoms with Gasteiger partial charge in [-0.05, 0) is 39.1 Å². The van der Waals surface area contributed by atoms with Gasteiger partial charge in [0.1, 0.15) is 0 Å². The maximum absolute atomic E-state index is 12.7. The van der Waals surface area contributed by atoms with Gasteiger partial charge in [-0.1, -0.05) is 12.8 Å². The van der Waals surface area contributed by atoms with Crippen LogP contribution in [0.1, 0.15) is 35.4 Å². The van der Waals surface area contributed by atoms with E-state index in [4.69, 9.17) is 0 Å². The first-order valence-electron chi connectivity index (χ1n) is 7.27. The van der Waals surface area contributed by atoms with Crippen molar-refractivity contribution in [3.8, 4) is 0 Å². The summed E-state index contributed by atoms with van der Waals surface area (Å²) in [7, 11) is -1.54. The number of thioether (sulfide) groups is 1. The van der Waals surface area contributed by atoms with Gasteiger partial charge in [0.2, 0.25) is 10.0 Å². The van der Waals surface area contributed by atoms with Crippen molar-refractivity contribution in [2.75, 3.05) is 13.3 Å². The third kappa shape index (κ3) is 4.22. The van der Waals surface area contributed by atoms with E-state index in [2.05, 4.69) is 16.3 Å². The van der Waals surface area contributed by atoms with Gasteiger partial charge >= 0.3 is 0 Å². The van der Waals surface area contributed by atoms with Gasteiger partial charge in [0.25, 0.3) is 0 Å². The second-order valence-corrected chi connectivity index (χ2v) is 9.55. The van der Waals surface area contributed by atoms with Crippen LogP contribution >= 0.6 is 23.1 Å². The predicted molar refractivity (Wildman–Crippen MR) is 91.7 cm³/mol. The molecule has 0 amide bonds. The number of hydrogen-bond donors (Lipinski definition) is 2. The molecule has 120 valence electrons. The normalized spacial score (nSPS) is 23.4. The fourth-order valence-corrected chi connectivity index (χ4v) is 6.81. The van der Waals surface area contributed by atoms with Gasteiger partial charge in [-0.3, -0.25) is 0 Å². The Morgan fingerprint density at radius 1 is 1.38 bits per heavy atom. The summed E-state index contributed by atoms with van der Waals surface area (Å²) in [5.74, 6) is 0. The first-order valence-corrected chi connectivity index (χ1v) is 10.9. The lowest BCUT2D eigenvalue weighted by atomic mass is 9.96. The highest BCUT2D eigenvalue weighted by atomic mass is 32.2. The molecule has 2 atom stereocenters. The van der Waals surface area contributed by atoms with Gasteiger partial charge in [-0.15, -0.1) is 11.3 Å². The molecule has 0 bridgehead atoms. The van der Waals surface area contributed by atoms with Gasteiger partial charge in [-0.25, -0.2) is 13.1 Å². The molecule has 21 heavy (non-hydrogen) atoms. The summed E-state index contributed by atoms with van der Waals surface area (Å²) in [4.78, 5) is 2.37. The first kappa shape index (κ1) is 17.3. The summed E-state index contributed by atoms with van der Waals surface area (Å²) in [6.07, 6.45) is 6.42. The van der Waals surface area contributed by atoms with Gasteiger partial charge in [0.15, 0.2) is 0 Å². The zero-order valence-electron chi connectivity index (χ0n) is 12.8. The molecule has 4 nitrogen and oxygen atoms in total. The molecule has 1 fully saturated rings. The Hall–Kier alpha value is -0.0800. The van der Waals surface area contributed by atoms with Crippen LogP contribution in [0.2, 0.25) is 0 Å². The van der Waals surface area contributed by atoms with Crippen molar-refractivity contribution < 1.29 is 8.42 Å². The van der Waals surface area contributed by atoms with E-state index in [-0.39, 0.29) is 6.04 Å². The molecule has 0 saturated heterocycles. The number of rotatable bonds is 6. The third-order valence-electron chi connectivity index (χ3n) is 3.88. The Morgan fingerprint density at radius 3 is 2.76 bits per heavy atom. The van der Waals surface area contributed by atoms with Crippen LogP contribution in [0, 0.1) is 6.92 Å². The van der Waals surface area contributed by atoms with Crippen LogP contribution in [-0.2, 0) is 16.6 Å². The lowest BCUT2D eigenvalue weighted by Crippen LogP contribution is -2.43. The average molecular weight is 349 g/mol. The molecule has 2 rings (SSSR count). The Balaban J connectivity index is 2.17. The van der Waals surface area contributed by atoms with Crippen molar-refractivity contribution in [2.24, 2.45) is 0 Å². The fourth-order valence-electron chi connectivity index (χ4n) is 2.83. The highest BCUT2D eigenvalue weighted by molar-refractivity contribution is 7.99. The molecule has 0 aliphatic heterocycles. The Labute approximate surface area is 136 Å². The summed E-state index contributed by atoms with van der Waals surface area (Å²) in [5.41, 5.74) is 0. The number of aryl methyl sites for hydroxylation is 1. The first-order chi connectivity index (χ1) is 9.97. The van der Waals surface area contributed by atoms with Crippen molar-refractivity contribution in [3.05, 3.63) is 15.8 Å². The summed E-state index contributed by atoms with van der Waals surface area (Å²) in [5, 5.41) is 3.46. The van der Waals surface area contributed by atoms with Gasteiger partial charge < -0.3 is 5.32 Å². The van der Waals surface area contributed by atoms with E-state index in [0.29, 0.717) is 16.7 Å². The van der Waals surface area contributed by atoms with Crippen LogP contribution in [0.15, 0.2) is 11.0 Å². The molecule has 1 aliphatic rings. The third-order valence-corrected chi connectivity index (χ3v) is 7.84. The van der Waals surface area contributed by atoms with E-state index < -0.39 is 10.0 Å². The molecule has 1 aliphatic carbocycles. The quantitative estimate of drug-likeness (QED) is 0.830. The van der Waals surface area contributed by atoms with E-state index in [1.54, 1.807) is 29.2 Å². The van der Waals surface area contributed by atoms with Crippen molar-refractivity contribution in [3.63, 3.8) is 0 Å². The topological polar surface area (TPSA) is 58.2 Å². The SMILES string of the molecule is CNCc1cc(S(=O)(=O)NC2CCCCC2SC)c(C)s1. The monoisotopic (exact) mass is 348 g/mol. The summed E-state index contributed by atoms with van der Waals surface area (Å²) in [6.45, 7) is 2.59. The lowest BCUT2D eigenvalue weighted by molar-refractivity contribution is 0.423. The molecule has 0 aromatic carbocycles. The highest BCUT2D eigenvalue weighted by Gasteiger charge is 2.30. The summed E-state index contributed by atoms with van der Waals surface area (Å²) in [6, 6.07) is 1.86. The minimum atomic E-state index is -3.41. The van der Waals surface area contributed by atoms with Crippen LogP contribution in [0.25, 0.3) is 0 Å². The van der Waals surface area contributed by atoms with E-state index in [1.165, 1.54) is 6.42 Å². The average Bonchev–Trinajstić information content (AvgIpc) is 2.81. The van der Waals surface area contributed by atoms with Gasteiger partial charge in [0.05, 0.1) is 4.90 Å². The van der Waals surface area contributed by atoms with Gasteiger partial charge in [-0.2, -0.15) is 11.8 Å². The van der Waals surface area contributed by atoms with Gasteiger partial charge in [0, 0.05) is 27.6 Å². The second-order valence-electron chi connectivity index (χ2n) is 5.45. The van der Waals surface area contributed by atoms with E-state index in [9.17, 15) is 8.42 Å². The second kappa shape index (κ2) is 7.46. The number of hydrogen-bond acceptors (Lipinski definition) is 5. The predicted octanol–water partition coefficient (Wildman–Crippen LogP) is 2.73. The number of sulfonamides is 1. The Kier molecular flexibility index (Phi) is 6.14. The molecule has 7 heteroatoms. The zero-order chi connectivity index (χ0) is 15.5. The summed E-state index contributed by atoms with van der Waals surface area (Å²) >= 11 is 3.32. The summed E-state index contributed by atoms with van der Waals surface area (Å²) < 4.78 is 28.3. The van der Waals surface area contributed by atoms with Crippen LogP contribution in [0.5, 0.6) is 0 Å². The van der Waals surface area contributed by atoms with Crippen molar-refractivity contribution in [1.82, 2.24) is 10.0 Å². The maximum atomic E-state index is 12.7. The standard InChI is InChI=1S/C14H24N2O2S3/c1-10-14(8-11(20-10)9-15-2)21(17,18)16-12-6-4-5-7-13(12)19-3/h8,12-13,15-16H,4-7,9H2,1-3H3. The molecular weight excluding hydrogens is 324 g/mol. The number of thiophene rings is 1. The maximum Gasteiger partial charge on any atom is 0.241 e. The molecule has 0 spiro atoms. The molecule has 1 saturated carbocycles. The van der Waals surface area contributed by atoms with E-state index in [1.807, 2.05) is 14.0 Å².